The van der Waals surface area contributed by atoms with Gasteiger partial charge in [-0.15, -0.1) is 0 Å². The quantitative estimate of drug-likeness (QED) is 0.803. The van der Waals surface area contributed by atoms with Crippen molar-refractivity contribution in [2.24, 2.45) is 0 Å². The SMILES string of the molecule is O=c1[nH]c(C2CCNCC2)nc2ccc(F)cc12. The third-order valence-electron chi connectivity index (χ3n) is 3.41. The molecule has 1 aromatic heterocycles. The lowest BCUT2D eigenvalue weighted by atomic mass is 9.97. The molecular formula is C13H14FN3O. The number of H-pyrrole nitrogens is 1. The highest BCUT2D eigenvalue weighted by Crippen LogP contribution is 2.22. The van der Waals surface area contributed by atoms with Gasteiger partial charge in [-0.3, -0.25) is 4.79 Å². The standard InChI is InChI=1S/C13H14FN3O/c14-9-1-2-11-10(7-9)13(18)17-12(16-11)8-3-5-15-6-4-8/h1-2,7-8,15H,3-6H2,(H,16,17,18). The summed E-state index contributed by atoms with van der Waals surface area (Å²) in [5, 5.41) is 3.59. The van der Waals surface area contributed by atoms with E-state index in [4.69, 9.17) is 0 Å². The molecule has 0 saturated carbocycles. The molecule has 4 nitrogen and oxygen atoms in total. The van der Waals surface area contributed by atoms with Crippen LogP contribution in [0.3, 0.4) is 0 Å². The number of nitrogens with one attached hydrogen (secondary N) is 2. The van der Waals surface area contributed by atoms with Crippen molar-refractivity contribution in [2.75, 3.05) is 13.1 Å². The van der Waals surface area contributed by atoms with Crippen molar-refractivity contribution >= 4 is 10.9 Å². The van der Waals surface area contributed by atoms with Gasteiger partial charge in [-0.05, 0) is 44.1 Å². The number of nitrogens with zero attached hydrogens (tertiary/aromatic N) is 1. The van der Waals surface area contributed by atoms with Crippen LogP contribution in [0.2, 0.25) is 0 Å². The van der Waals surface area contributed by atoms with Gasteiger partial charge in [-0.2, -0.15) is 0 Å². The Morgan fingerprint density at radius 2 is 2.06 bits per heavy atom. The molecule has 0 aliphatic carbocycles. The van der Waals surface area contributed by atoms with Crippen LogP contribution in [0.5, 0.6) is 0 Å². The first-order chi connectivity index (χ1) is 8.74. The van der Waals surface area contributed by atoms with Crippen LogP contribution in [-0.2, 0) is 0 Å². The molecule has 3 rings (SSSR count). The van der Waals surface area contributed by atoms with Crippen molar-refractivity contribution in [3.05, 3.63) is 40.2 Å². The maximum Gasteiger partial charge on any atom is 0.258 e. The molecule has 0 bridgehead atoms. The van der Waals surface area contributed by atoms with Gasteiger partial charge < -0.3 is 10.3 Å². The first kappa shape index (κ1) is 11.3. The Kier molecular flexibility index (Phi) is 2.83. The molecule has 1 aliphatic rings. The minimum atomic E-state index is -0.413. The molecule has 2 N–H and O–H groups in total. The zero-order valence-corrected chi connectivity index (χ0v) is 9.87. The van der Waals surface area contributed by atoms with E-state index >= 15 is 0 Å². The van der Waals surface area contributed by atoms with Gasteiger partial charge in [0.2, 0.25) is 0 Å². The molecule has 1 fully saturated rings. The van der Waals surface area contributed by atoms with E-state index in [2.05, 4.69) is 15.3 Å². The Hall–Kier alpha value is -1.75. The summed E-state index contributed by atoms with van der Waals surface area (Å²) in [7, 11) is 0. The van der Waals surface area contributed by atoms with Gasteiger partial charge in [0.15, 0.2) is 0 Å². The number of hydrogen-bond acceptors (Lipinski definition) is 3. The smallest absolute Gasteiger partial charge is 0.258 e. The number of fused-ring (bicyclic) bond motifs is 1. The summed E-state index contributed by atoms with van der Waals surface area (Å²) in [4.78, 5) is 19.2. The van der Waals surface area contributed by atoms with Crippen molar-refractivity contribution < 1.29 is 4.39 Å². The van der Waals surface area contributed by atoms with Crippen LogP contribution < -0.4 is 10.9 Å². The van der Waals surface area contributed by atoms with Crippen molar-refractivity contribution in [2.45, 2.75) is 18.8 Å². The Bertz CT molecular complexity index is 632. The lowest BCUT2D eigenvalue weighted by molar-refractivity contribution is 0.445. The summed E-state index contributed by atoms with van der Waals surface area (Å²) in [5.41, 5.74) is 0.307. The van der Waals surface area contributed by atoms with E-state index in [1.165, 1.54) is 12.1 Å². The van der Waals surface area contributed by atoms with E-state index < -0.39 is 5.82 Å². The molecule has 5 heteroatoms. The molecule has 0 unspecified atom stereocenters. The predicted molar refractivity (Wildman–Crippen MR) is 67.2 cm³/mol. The highest BCUT2D eigenvalue weighted by atomic mass is 19.1. The fourth-order valence-electron chi connectivity index (χ4n) is 2.42. The zero-order valence-electron chi connectivity index (χ0n) is 9.87. The van der Waals surface area contributed by atoms with Gasteiger partial charge >= 0.3 is 0 Å². The van der Waals surface area contributed by atoms with E-state index in [0.29, 0.717) is 10.9 Å². The number of aromatic amines is 1. The van der Waals surface area contributed by atoms with E-state index in [0.717, 1.165) is 31.8 Å². The number of halogens is 1. The Balaban J connectivity index is 2.09. The number of benzene rings is 1. The first-order valence-electron chi connectivity index (χ1n) is 6.14. The number of rotatable bonds is 1. The summed E-state index contributed by atoms with van der Waals surface area (Å²) < 4.78 is 13.1. The third kappa shape index (κ3) is 2.01. The van der Waals surface area contributed by atoms with Crippen molar-refractivity contribution in [1.29, 1.82) is 0 Å². The predicted octanol–water partition coefficient (Wildman–Crippen LogP) is 1.53. The third-order valence-corrected chi connectivity index (χ3v) is 3.41. The van der Waals surface area contributed by atoms with Gasteiger partial charge in [-0.1, -0.05) is 0 Å². The largest absolute Gasteiger partial charge is 0.317 e. The van der Waals surface area contributed by atoms with Gasteiger partial charge in [0.1, 0.15) is 11.6 Å². The van der Waals surface area contributed by atoms with E-state index in [-0.39, 0.29) is 11.5 Å². The van der Waals surface area contributed by atoms with Crippen LogP contribution in [0.15, 0.2) is 23.0 Å². The highest BCUT2D eigenvalue weighted by Gasteiger charge is 2.18. The van der Waals surface area contributed by atoms with Crippen LogP contribution >= 0.6 is 0 Å². The first-order valence-corrected chi connectivity index (χ1v) is 6.14. The minimum absolute atomic E-state index is 0.256. The number of piperidine rings is 1. The molecule has 0 atom stereocenters. The molecule has 2 aromatic rings. The topological polar surface area (TPSA) is 57.8 Å². The second-order valence-corrected chi connectivity index (χ2v) is 4.64. The molecular weight excluding hydrogens is 233 g/mol. The molecule has 1 aliphatic heterocycles. The zero-order chi connectivity index (χ0) is 12.5. The van der Waals surface area contributed by atoms with Gasteiger partial charge in [-0.25, -0.2) is 9.37 Å². The van der Waals surface area contributed by atoms with Crippen molar-refractivity contribution in [3.63, 3.8) is 0 Å². The van der Waals surface area contributed by atoms with Gasteiger partial charge in [0.05, 0.1) is 10.9 Å². The molecule has 1 aromatic carbocycles. The number of hydrogen-bond donors (Lipinski definition) is 2. The van der Waals surface area contributed by atoms with E-state index in [1.807, 2.05) is 0 Å². The maximum atomic E-state index is 13.1. The maximum absolute atomic E-state index is 13.1. The van der Waals surface area contributed by atoms with E-state index in [9.17, 15) is 9.18 Å². The van der Waals surface area contributed by atoms with Gasteiger partial charge in [0, 0.05) is 5.92 Å². The fourth-order valence-corrected chi connectivity index (χ4v) is 2.42. The fraction of sp³-hybridized carbons (Fsp3) is 0.385. The summed E-state index contributed by atoms with van der Waals surface area (Å²) >= 11 is 0. The Morgan fingerprint density at radius 1 is 1.28 bits per heavy atom. The van der Waals surface area contributed by atoms with Crippen LogP contribution in [0.4, 0.5) is 4.39 Å². The normalized spacial score (nSPS) is 17.2. The summed E-state index contributed by atoms with van der Waals surface area (Å²) in [6.07, 6.45) is 1.94. The summed E-state index contributed by atoms with van der Waals surface area (Å²) in [6.45, 7) is 1.88. The number of aromatic nitrogens is 2. The van der Waals surface area contributed by atoms with Crippen LogP contribution in [-0.4, -0.2) is 23.1 Å². The van der Waals surface area contributed by atoms with Gasteiger partial charge in [0.25, 0.3) is 5.56 Å². The Labute approximate surface area is 103 Å². The molecule has 94 valence electrons. The average Bonchev–Trinajstić information content (AvgIpc) is 2.40. The summed E-state index contributed by atoms with van der Waals surface area (Å²) in [5.74, 6) is 0.596. The lowest BCUT2D eigenvalue weighted by Crippen LogP contribution is -2.28. The lowest BCUT2D eigenvalue weighted by Gasteiger charge is -2.21. The highest BCUT2D eigenvalue weighted by molar-refractivity contribution is 5.77. The van der Waals surface area contributed by atoms with Crippen LogP contribution in [0.1, 0.15) is 24.6 Å². The summed E-state index contributed by atoms with van der Waals surface area (Å²) in [6, 6.07) is 4.12. The molecule has 1 saturated heterocycles. The molecule has 2 heterocycles. The monoisotopic (exact) mass is 247 g/mol. The van der Waals surface area contributed by atoms with Crippen LogP contribution in [0.25, 0.3) is 10.9 Å². The van der Waals surface area contributed by atoms with Crippen molar-refractivity contribution in [3.8, 4) is 0 Å². The average molecular weight is 247 g/mol. The molecule has 0 spiro atoms. The van der Waals surface area contributed by atoms with Crippen molar-refractivity contribution in [1.82, 2.24) is 15.3 Å². The Morgan fingerprint density at radius 3 is 2.83 bits per heavy atom. The van der Waals surface area contributed by atoms with E-state index in [1.54, 1.807) is 6.07 Å². The minimum Gasteiger partial charge on any atom is -0.317 e. The second kappa shape index (κ2) is 4.49. The molecule has 0 radical (unpaired) electrons. The molecule has 18 heavy (non-hydrogen) atoms. The molecule has 0 amide bonds. The van der Waals surface area contributed by atoms with Crippen LogP contribution in [0, 0.1) is 5.82 Å². The second-order valence-electron chi connectivity index (χ2n) is 4.64.